The minimum atomic E-state index is -0.183. The lowest BCUT2D eigenvalue weighted by atomic mass is 10.1. The van der Waals surface area contributed by atoms with E-state index in [2.05, 4.69) is 20.1 Å². The van der Waals surface area contributed by atoms with Crippen LogP contribution in [0.2, 0.25) is 5.15 Å². The summed E-state index contributed by atoms with van der Waals surface area (Å²) in [6, 6.07) is 5.11. The summed E-state index contributed by atoms with van der Waals surface area (Å²) in [5, 5.41) is 8.88. The first kappa shape index (κ1) is 18.6. The van der Waals surface area contributed by atoms with Gasteiger partial charge in [-0.3, -0.25) is 4.79 Å². The van der Waals surface area contributed by atoms with Crippen LogP contribution >= 0.6 is 11.6 Å². The van der Waals surface area contributed by atoms with E-state index in [0.717, 1.165) is 29.9 Å². The van der Waals surface area contributed by atoms with Crippen LogP contribution in [0.1, 0.15) is 18.2 Å². The number of halogens is 1. The van der Waals surface area contributed by atoms with Crippen molar-refractivity contribution >= 4 is 17.3 Å². The van der Waals surface area contributed by atoms with Gasteiger partial charge in [0, 0.05) is 36.5 Å². The molecule has 9 heteroatoms. The summed E-state index contributed by atoms with van der Waals surface area (Å²) < 4.78 is 12.3. The van der Waals surface area contributed by atoms with Gasteiger partial charge in [-0.1, -0.05) is 16.8 Å². The molecule has 0 spiro atoms. The lowest BCUT2D eigenvalue weighted by Gasteiger charge is -2.32. The van der Waals surface area contributed by atoms with Crippen LogP contribution in [-0.4, -0.2) is 45.7 Å². The molecule has 0 bridgehead atoms. The first-order chi connectivity index (χ1) is 13.5. The van der Waals surface area contributed by atoms with Crippen molar-refractivity contribution in [2.45, 2.75) is 26.5 Å². The molecule has 1 atom stereocenters. The number of aromatic nitrogens is 4. The second-order valence-corrected chi connectivity index (χ2v) is 7.16. The zero-order chi connectivity index (χ0) is 19.7. The van der Waals surface area contributed by atoms with E-state index >= 15 is 0 Å². The third-order valence-corrected chi connectivity index (χ3v) is 4.98. The molecule has 28 heavy (non-hydrogen) atoms. The van der Waals surface area contributed by atoms with Crippen molar-refractivity contribution in [1.29, 1.82) is 0 Å². The second kappa shape index (κ2) is 7.73. The molecular formula is C19H20ClN5O3. The number of hydrogen-bond acceptors (Lipinski definition) is 7. The van der Waals surface area contributed by atoms with E-state index in [4.69, 9.17) is 20.9 Å². The lowest BCUT2D eigenvalue weighted by Crippen LogP contribution is -2.41. The first-order valence-corrected chi connectivity index (χ1v) is 9.40. The van der Waals surface area contributed by atoms with Crippen molar-refractivity contribution in [3.05, 3.63) is 57.4 Å². The molecule has 1 aliphatic heterocycles. The molecule has 1 aliphatic rings. The highest BCUT2D eigenvalue weighted by Gasteiger charge is 2.20. The SMILES string of the molecule is Cc1onc(-c2ccc(Cl)nc2)c1Cn1ncc(N2CCO[C@@H](C)C2)cc1=O. The van der Waals surface area contributed by atoms with Crippen LogP contribution < -0.4 is 10.5 Å². The van der Waals surface area contributed by atoms with E-state index in [1.165, 1.54) is 4.68 Å². The van der Waals surface area contributed by atoms with E-state index in [9.17, 15) is 4.79 Å². The quantitative estimate of drug-likeness (QED) is 0.621. The van der Waals surface area contributed by atoms with Crippen molar-refractivity contribution in [1.82, 2.24) is 19.9 Å². The van der Waals surface area contributed by atoms with Gasteiger partial charge in [0.2, 0.25) is 0 Å². The fourth-order valence-electron chi connectivity index (χ4n) is 3.24. The van der Waals surface area contributed by atoms with Gasteiger partial charge < -0.3 is 14.2 Å². The average Bonchev–Trinajstić information content (AvgIpc) is 3.04. The molecular weight excluding hydrogens is 382 g/mol. The number of pyridine rings is 1. The smallest absolute Gasteiger partial charge is 0.269 e. The molecule has 1 saturated heterocycles. The molecule has 8 nitrogen and oxygen atoms in total. The van der Waals surface area contributed by atoms with Gasteiger partial charge in [0.05, 0.1) is 31.1 Å². The molecule has 0 N–H and O–H groups in total. The normalized spacial score (nSPS) is 17.1. The van der Waals surface area contributed by atoms with E-state index in [1.807, 2.05) is 19.9 Å². The Labute approximate surface area is 166 Å². The monoisotopic (exact) mass is 401 g/mol. The highest BCUT2D eigenvalue weighted by Crippen LogP contribution is 2.26. The largest absolute Gasteiger partial charge is 0.375 e. The zero-order valence-corrected chi connectivity index (χ0v) is 16.4. The fraction of sp³-hybridized carbons (Fsp3) is 0.368. The van der Waals surface area contributed by atoms with Gasteiger partial charge in [0.25, 0.3) is 5.56 Å². The third kappa shape index (κ3) is 3.79. The van der Waals surface area contributed by atoms with Crippen LogP contribution in [0, 0.1) is 6.92 Å². The minimum absolute atomic E-state index is 0.131. The standard InChI is InChI=1S/C19H20ClN5O3/c1-12-10-24(5-6-27-12)15-7-18(26)25(22-9-15)11-16-13(2)28-23-19(16)14-3-4-17(20)21-8-14/h3-4,7-9,12H,5-6,10-11H2,1-2H3/t12-/m0/s1. The molecule has 0 unspecified atom stereocenters. The molecule has 3 aromatic heterocycles. The van der Waals surface area contributed by atoms with E-state index in [-0.39, 0.29) is 18.2 Å². The van der Waals surface area contributed by atoms with Gasteiger partial charge >= 0.3 is 0 Å². The number of hydrogen-bond donors (Lipinski definition) is 0. The lowest BCUT2D eigenvalue weighted by molar-refractivity contribution is 0.0532. The Morgan fingerprint density at radius 2 is 2.18 bits per heavy atom. The summed E-state index contributed by atoms with van der Waals surface area (Å²) >= 11 is 5.86. The summed E-state index contributed by atoms with van der Waals surface area (Å²) in [6.45, 7) is 6.21. The topological polar surface area (TPSA) is 86.3 Å². The van der Waals surface area contributed by atoms with Crippen LogP contribution in [0.15, 0.2) is 39.9 Å². The summed E-state index contributed by atoms with van der Waals surface area (Å²) in [4.78, 5) is 18.9. The van der Waals surface area contributed by atoms with Crippen molar-refractivity contribution in [3.63, 3.8) is 0 Å². The minimum Gasteiger partial charge on any atom is -0.375 e. The van der Waals surface area contributed by atoms with Gasteiger partial charge in [-0.05, 0) is 26.0 Å². The van der Waals surface area contributed by atoms with Crippen LogP contribution in [0.4, 0.5) is 5.69 Å². The third-order valence-electron chi connectivity index (χ3n) is 4.75. The predicted octanol–water partition coefficient (Wildman–Crippen LogP) is 2.53. The Balaban J connectivity index is 1.61. The van der Waals surface area contributed by atoms with Gasteiger partial charge in [-0.15, -0.1) is 0 Å². The molecule has 0 aliphatic carbocycles. The summed E-state index contributed by atoms with van der Waals surface area (Å²) in [6.07, 6.45) is 3.47. The molecule has 0 aromatic carbocycles. The number of ether oxygens (including phenoxy) is 1. The molecule has 3 aromatic rings. The Bertz CT molecular complexity index is 1030. The molecule has 1 fully saturated rings. The fourth-order valence-corrected chi connectivity index (χ4v) is 3.35. The molecule has 146 valence electrons. The Morgan fingerprint density at radius 3 is 2.89 bits per heavy atom. The van der Waals surface area contributed by atoms with Crippen LogP contribution in [0.25, 0.3) is 11.3 Å². The van der Waals surface area contributed by atoms with E-state index < -0.39 is 0 Å². The summed E-state index contributed by atoms with van der Waals surface area (Å²) in [5.74, 6) is 0.629. The van der Waals surface area contributed by atoms with Crippen LogP contribution in [0.3, 0.4) is 0 Å². The Morgan fingerprint density at radius 1 is 1.32 bits per heavy atom. The predicted molar refractivity (Wildman–Crippen MR) is 105 cm³/mol. The molecule has 0 saturated carbocycles. The molecule has 4 rings (SSSR count). The average molecular weight is 402 g/mol. The van der Waals surface area contributed by atoms with Crippen molar-refractivity contribution in [3.8, 4) is 11.3 Å². The Hall–Kier alpha value is -2.71. The number of rotatable bonds is 4. The molecule has 0 radical (unpaired) electrons. The Kier molecular flexibility index (Phi) is 5.15. The van der Waals surface area contributed by atoms with Crippen molar-refractivity contribution in [2.24, 2.45) is 0 Å². The van der Waals surface area contributed by atoms with Crippen LogP contribution in [-0.2, 0) is 11.3 Å². The highest BCUT2D eigenvalue weighted by atomic mass is 35.5. The maximum absolute atomic E-state index is 12.7. The van der Waals surface area contributed by atoms with E-state index in [1.54, 1.807) is 24.5 Å². The van der Waals surface area contributed by atoms with Crippen molar-refractivity contribution < 1.29 is 9.26 Å². The summed E-state index contributed by atoms with van der Waals surface area (Å²) in [5.41, 5.74) is 2.80. The van der Waals surface area contributed by atoms with Gasteiger partial charge in [0.1, 0.15) is 16.6 Å². The number of morpholine rings is 1. The second-order valence-electron chi connectivity index (χ2n) is 6.77. The van der Waals surface area contributed by atoms with Gasteiger partial charge in [-0.2, -0.15) is 5.10 Å². The number of aryl methyl sites for hydroxylation is 1. The van der Waals surface area contributed by atoms with Gasteiger partial charge in [-0.25, -0.2) is 9.67 Å². The maximum Gasteiger partial charge on any atom is 0.269 e. The maximum atomic E-state index is 12.7. The summed E-state index contributed by atoms with van der Waals surface area (Å²) in [7, 11) is 0. The van der Waals surface area contributed by atoms with Gasteiger partial charge in [0.15, 0.2) is 0 Å². The number of anilines is 1. The highest BCUT2D eigenvalue weighted by molar-refractivity contribution is 6.29. The van der Waals surface area contributed by atoms with E-state index in [0.29, 0.717) is 23.2 Å². The molecule has 0 amide bonds. The van der Waals surface area contributed by atoms with Crippen molar-refractivity contribution in [2.75, 3.05) is 24.6 Å². The zero-order valence-electron chi connectivity index (χ0n) is 15.6. The molecule has 4 heterocycles. The van der Waals surface area contributed by atoms with Crippen LogP contribution in [0.5, 0.6) is 0 Å². The first-order valence-electron chi connectivity index (χ1n) is 9.02. The number of nitrogens with zero attached hydrogens (tertiary/aromatic N) is 5.